The van der Waals surface area contributed by atoms with Gasteiger partial charge in [0.05, 0.1) is 25.6 Å². The molecule has 4 fully saturated rings. The molecule has 0 N–H and O–H groups in total. The minimum Gasteiger partial charge on any atom is -0.469 e. The Bertz CT molecular complexity index is 479. The molecule has 3 atom stereocenters. The third kappa shape index (κ3) is 2.14. The van der Waals surface area contributed by atoms with Gasteiger partial charge in [-0.3, -0.25) is 24.3 Å². The van der Waals surface area contributed by atoms with Gasteiger partial charge in [-0.2, -0.15) is 0 Å². The molecule has 0 bridgehead atoms. The van der Waals surface area contributed by atoms with Gasteiger partial charge in [0.1, 0.15) is 6.17 Å². The van der Waals surface area contributed by atoms with Gasteiger partial charge in [0.25, 0.3) is 0 Å². The molecule has 7 heteroatoms. The third-order valence-electron chi connectivity index (χ3n) is 5.63. The molecule has 7 nitrogen and oxygen atoms in total. The van der Waals surface area contributed by atoms with Crippen LogP contribution in [0.1, 0.15) is 12.8 Å². The van der Waals surface area contributed by atoms with Gasteiger partial charge in [0, 0.05) is 45.8 Å². The first-order valence-corrected chi connectivity index (χ1v) is 8.28. The highest BCUT2D eigenvalue weighted by Crippen LogP contribution is 2.34. The van der Waals surface area contributed by atoms with Gasteiger partial charge in [-0.1, -0.05) is 0 Å². The number of methoxy groups -OCH3 is 1. The molecule has 0 aromatic rings. The zero-order chi connectivity index (χ0) is 15.3. The second-order valence-electron chi connectivity index (χ2n) is 6.76. The van der Waals surface area contributed by atoms with Crippen LogP contribution < -0.4 is 0 Å². The standard InChI is InChI=1S/C15H24N4O3/c1-22-12(20)9-11-10-18-6-5-16-3-2-4-17-7-8-19(15(11)21)14(18)13(16)17/h11,13-14H,2-10H2,1H3/t11-,13+,14-/m0/s1. The number of ether oxygens (including phenoxy) is 1. The number of rotatable bonds is 2. The van der Waals surface area contributed by atoms with Crippen molar-refractivity contribution in [3.63, 3.8) is 0 Å². The first kappa shape index (κ1) is 14.4. The van der Waals surface area contributed by atoms with Crippen LogP contribution in [0.15, 0.2) is 0 Å². The van der Waals surface area contributed by atoms with Crippen molar-refractivity contribution in [1.82, 2.24) is 19.6 Å². The minimum atomic E-state index is -0.285. The highest BCUT2D eigenvalue weighted by Gasteiger charge is 2.52. The van der Waals surface area contributed by atoms with E-state index in [-0.39, 0.29) is 30.4 Å². The Balaban J connectivity index is 1.58. The summed E-state index contributed by atoms with van der Waals surface area (Å²) in [4.78, 5) is 33.9. The molecule has 0 saturated carbocycles. The Morgan fingerprint density at radius 3 is 2.45 bits per heavy atom. The van der Waals surface area contributed by atoms with Crippen molar-refractivity contribution >= 4 is 11.9 Å². The Kier molecular flexibility index (Phi) is 3.58. The number of esters is 1. The van der Waals surface area contributed by atoms with Gasteiger partial charge in [-0.25, -0.2) is 0 Å². The van der Waals surface area contributed by atoms with Crippen LogP contribution in [-0.2, 0) is 14.3 Å². The maximum absolute atomic E-state index is 12.8. The molecule has 0 radical (unpaired) electrons. The molecule has 22 heavy (non-hydrogen) atoms. The molecule has 4 rings (SSSR count). The van der Waals surface area contributed by atoms with Gasteiger partial charge >= 0.3 is 5.97 Å². The molecule has 0 spiro atoms. The quantitative estimate of drug-likeness (QED) is 0.610. The summed E-state index contributed by atoms with van der Waals surface area (Å²) in [6, 6.07) is 0. The topological polar surface area (TPSA) is 56.3 Å². The molecule has 4 saturated heterocycles. The number of amides is 1. The van der Waals surface area contributed by atoms with E-state index in [0.717, 1.165) is 39.3 Å². The molecule has 0 aromatic heterocycles. The van der Waals surface area contributed by atoms with Gasteiger partial charge < -0.3 is 9.64 Å². The molecule has 1 amide bonds. The van der Waals surface area contributed by atoms with Crippen LogP contribution in [0.25, 0.3) is 0 Å². The van der Waals surface area contributed by atoms with Crippen molar-refractivity contribution in [1.29, 1.82) is 0 Å². The Morgan fingerprint density at radius 1 is 1.05 bits per heavy atom. The van der Waals surface area contributed by atoms with Gasteiger partial charge in [-0.05, 0) is 6.42 Å². The number of hydrogen-bond acceptors (Lipinski definition) is 6. The minimum absolute atomic E-state index is 0.138. The van der Waals surface area contributed by atoms with E-state index in [4.69, 9.17) is 4.74 Å². The Hall–Kier alpha value is -1.18. The van der Waals surface area contributed by atoms with Crippen LogP contribution in [0.5, 0.6) is 0 Å². The van der Waals surface area contributed by atoms with Crippen LogP contribution in [0.3, 0.4) is 0 Å². The van der Waals surface area contributed by atoms with Crippen molar-refractivity contribution in [2.45, 2.75) is 25.2 Å². The third-order valence-corrected chi connectivity index (χ3v) is 5.63. The lowest BCUT2D eigenvalue weighted by atomic mass is 9.93. The molecule has 0 aromatic carbocycles. The average molecular weight is 308 g/mol. The molecular formula is C15H24N4O3. The van der Waals surface area contributed by atoms with Crippen LogP contribution in [0, 0.1) is 5.92 Å². The molecule has 122 valence electrons. The van der Waals surface area contributed by atoms with E-state index in [0.29, 0.717) is 12.7 Å². The number of carbonyl (C=O) groups is 2. The normalized spacial score (nSPS) is 36.1. The molecule has 0 aliphatic carbocycles. The first-order valence-electron chi connectivity index (χ1n) is 8.28. The lowest BCUT2D eigenvalue weighted by Crippen LogP contribution is -2.79. The maximum Gasteiger partial charge on any atom is 0.306 e. The lowest BCUT2D eigenvalue weighted by Gasteiger charge is -2.62. The fourth-order valence-electron chi connectivity index (χ4n) is 4.61. The van der Waals surface area contributed by atoms with Crippen LogP contribution >= 0.6 is 0 Å². The van der Waals surface area contributed by atoms with E-state index in [1.165, 1.54) is 13.5 Å². The molecular weight excluding hydrogens is 284 g/mol. The summed E-state index contributed by atoms with van der Waals surface area (Å²) in [6.45, 7) is 6.73. The second-order valence-corrected chi connectivity index (χ2v) is 6.76. The van der Waals surface area contributed by atoms with Crippen molar-refractivity contribution in [3.05, 3.63) is 0 Å². The van der Waals surface area contributed by atoms with Gasteiger partial charge in [0.15, 0.2) is 0 Å². The van der Waals surface area contributed by atoms with E-state index in [1.54, 1.807) is 0 Å². The van der Waals surface area contributed by atoms with Gasteiger partial charge in [-0.15, -0.1) is 0 Å². The highest BCUT2D eigenvalue weighted by molar-refractivity contribution is 5.85. The van der Waals surface area contributed by atoms with Gasteiger partial charge in [0.2, 0.25) is 5.91 Å². The highest BCUT2D eigenvalue weighted by atomic mass is 16.5. The monoisotopic (exact) mass is 308 g/mol. The lowest BCUT2D eigenvalue weighted by molar-refractivity contribution is -0.199. The molecule has 4 heterocycles. The van der Waals surface area contributed by atoms with E-state index < -0.39 is 0 Å². The molecule has 0 unspecified atom stereocenters. The van der Waals surface area contributed by atoms with Crippen molar-refractivity contribution in [2.75, 3.05) is 52.9 Å². The predicted molar refractivity (Wildman–Crippen MR) is 78.7 cm³/mol. The van der Waals surface area contributed by atoms with Crippen molar-refractivity contribution < 1.29 is 14.3 Å². The SMILES string of the molecule is COC(=O)C[C@H]1CN2CCN3CCCN4CCN(C1=O)[C@H]2[C@H]34. The van der Waals surface area contributed by atoms with E-state index in [2.05, 4.69) is 14.7 Å². The Labute approximate surface area is 130 Å². The summed E-state index contributed by atoms with van der Waals surface area (Å²) in [5.74, 6) is -0.393. The molecule has 4 aliphatic rings. The summed E-state index contributed by atoms with van der Waals surface area (Å²) >= 11 is 0. The average Bonchev–Trinajstić information content (AvgIpc) is 2.55. The van der Waals surface area contributed by atoms with Crippen LogP contribution in [0.4, 0.5) is 0 Å². The first-order chi connectivity index (χ1) is 10.7. The summed E-state index contributed by atoms with van der Waals surface area (Å²) in [5.41, 5.74) is 0. The summed E-state index contributed by atoms with van der Waals surface area (Å²) in [7, 11) is 1.39. The van der Waals surface area contributed by atoms with Crippen molar-refractivity contribution in [3.8, 4) is 0 Å². The fourth-order valence-corrected chi connectivity index (χ4v) is 4.61. The summed E-state index contributed by atoms with van der Waals surface area (Å²) in [5, 5.41) is 0. The predicted octanol–water partition coefficient (Wildman–Crippen LogP) is -1.00. The number of carbonyl (C=O) groups excluding carboxylic acids is 2. The van der Waals surface area contributed by atoms with Crippen LogP contribution in [0.2, 0.25) is 0 Å². The Morgan fingerprint density at radius 2 is 1.73 bits per heavy atom. The van der Waals surface area contributed by atoms with E-state index in [1.807, 2.05) is 4.90 Å². The van der Waals surface area contributed by atoms with Crippen molar-refractivity contribution in [2.24, 2.45) is 5.92 Å². The summed E-state index contributed by atoms with van der Waals surface area (Å²) < 4.78 is 4.76. The number of hydrogen-bond donors (Lipinski definition) is 0. The van der Waals surface area contributed by atoms with Crippen LogP contribution in [-0.4, -0.2) is 96.7 Å². The number of nitrogens with zero attached hydrogens (tertiary/aromatic N) is 4. The maximum atomic E-state index is 12.8. The zero-order valence-electron chi connectivity index (χ0n) is 13.1. The number of piperazine rings is 2. The zero-order valence-corrected chi connectivity index (χ0v) is 13.1. The largest absolute Gasteiger partial charge is 0.469 e. The van der Waals surface area contributed by atoms with E-state index in [9.17, 15) is 9.59 Å². The van der Waals surface area contributed by atoms with E-state index >= 15 is 0 Å². The smallest absolute Gasteiger partial charge is 0.306 e. The summed E-state index contributed by atoms with van der Waals surface area (Å²) in [6.07, 6.45) is 1.94. The second kappa shape index (κ2) is 5.47. The molecule has 4 aliphatic heterocycles. The fraction of sp³-hybridized carbons (Fsp3) is 0.867.